The molecule has 0 radical (unpaired) electrons. The van der Waals surface area contributed by atoms with Gasteiger partial charge in [0.25, 0.3) is 0 Å². The van der Waals surface area contributed by atoms with Gasteiger partial charge in [-0.1, -0.05) is 50.3 Å². The summed E-state index contributed by atoms with van der Waals surface area (Å²) in [5, 5.41) is 0.404. The van der Waals surface area contributed by atoms with Crippen LogP contribution in [-0.4, -0.2) is 47.5 Å². The lowest BCUT2D eigenvalue weighted by molar-refractivity contribution is -0.104. The van der Waals surface area contributed by atoms with Crippen LogP contribution < -0.4 is 0 Å². The van der Waals surface area contributed by atoms with E-state index in [1.54, 1.807) is 41.3 Å². The number of rotatable bonds is 6. The van der Waals surface area contributed by atoms with Crippen LogP contribution in [0.15, 0.2) is 59.3 Å². The number of likely N-dealkylation sites (N-methyl/N-ethyl adjacent to an activating group) is 1. The SMILES string of the molecule is C=C(Cl)/C=C\C(=C/C)CN(C(=O)OC(C)(C)C)C1C=CC(C=O)=CN1C.CC. The number of hydrogen-bond donors (Lipinski definition) is 0. The van der Waals surface area contributed by atoms with Crippen molar-refractivity contribution in [1.29, 1.82) is 0 Å². The molecule has 1 aliphatic heterocycles. The molecule has 0 spiro atoms. The van der Waals surface area contributed by atoms with Gasteiger partial charge >= 0.3 is 6.09 Å². The summed E-state index contributed by atoms with van der Waals surface area (Å²) in [7, 11) is 1.81. The van der Waals surface area contributed by atoms with Crippen molar-refractivity contribution in [3.63, 3.8) is 0 Å². The van der Waals surface area contributed by atoms with E-state index < -0.39 is 11.7 Å². The molecule has 5 nitrogen and oxygen atoms in total. The number of aldehydes is 1. The average Bonchev–Trinajstić information content (AvgIpc) is 2.62. The van der Waals surface area contributed by atoms with Crippen LogP contribution in [0.4, 0.5) is 4.79 Å². The quantitative estimate of drug-likeness (QED) is 0.435. The Bertz CT molecular complexity index is 670. The number of carbonyl (C=O) groups is 2. The number of carbonyl (C=O) groups excluding carboxylic acids is 2. The van der Waals surface area contributed by atoms with Crippen LogP contribution in [0.1, 0.15) is 41.5 Å². The van der Waals surface area contributed by atoms with Crippen LogP contribution >= 0.6 is 11.6 Å². The maximum atomic E-state index is 12.8. The van der Waals surface area contributed by atoms with Gasteiger partial charge in [-0.15, -0.1) is 0 Å². The first-order valence-corrected chi connectivity index (χ1v) is 9.69. The van der Waals surface area contributed by atoms with E-state index in [2.05, 4.69) is 6.58 Å². The van der Waals surface area contributed by atoms with Gasteiger partial charge < -0.3 is 9.64 Å². The van der Waals surface area contributed by atoms with Crippen LogP contribution in [0.25, 0.3) is 0 Å². The van der Waals surface area contributed by atoms with Crippen LogP contribution in [0, 0.1) is 0 Å². The van der Waals surface area contributed by atoms with Gasteiger partial charge in [0.15, 0.2) is 6.29 Å². The van der Waals surface area contributed by atoms with Gasteiger partial charge in [0.1, 0.15) is 11.8 Å². The summed E-state index contributed by atoms with van der Waals surface area (Å²) >= 11 is 5.79. The second-order valence-corrected chi connectivity index (χ2v) is 7.42. The van der Waals surface area contributed by atoms with E-state index in [9.17, 15) is 9.59 Å². The Morgan fingerprint density at radius 3 is 2.39 bits per heavy atom. The molecule has 1 rings (SSSR count). The van der Waals surface area contributed by atoms with E-state index in [1.165, 1.54) is 0 Å². The lowest BCUT2D eigenvalue weighted by Gasteiger charge is -2.38. The third-order valence-corrected chi connectivity index (χ3v) is 3.64. The highest BCUT2D eigenvalue weighted by atomic mass is 35.5. The predicted molar refractivity (Wildman–Crippen MR) is 117 cm³/mol. The molecule has 0 aromatic rings. The minimum Gasteiger partial charge on any atom is -0.444 e. The summed E-state index contributed by atoms with van der Waals surface area (Å²) in [6.45, 7) is 15.3. The zero-order valence-electron chi connectivity index (χ0n) is 18.0. The van der Waals surface area contributed by atoms with Crippen LogP contribution in [0.3, 0.4) is 0 Å². The number of ether oxygens (including phenoxy) is 1. The summed E-state index contributed by atoms with van der Waals surface area (Å²) in [5.74, 6) is 0. The summed E-state index contributed by atoms with van der Waals surface area (Å²) in [6.07, 6.45) is 10.5. The fraction of sp³-hybridized carbons (Fsp3) is 0.455. The van der Waals surface area contributed by atoms with Crippen LogP contribution in [-0.2, 0) is 9.53 Å². The number of hydrogen-bond acceptors (Lipinski definition) is 4. The minimum atomic E-state index is -0.619. The minimum absolute atomic E-state index is 0.315. The zero-order chi connectivity index (χ0) is 21.9. The molecule has 1 aliphatic rings. The van der Waals surface area contributed by atoms with E-state index in [4.69, 9.17) is 16.3 Å². The van der Waals surface area contributed by atoms with Gasteiger partial charge in [0.05, 0.1) is 6.54 Å². The topological polar surface area (TPSA) is 49.9 Å². The highest BCUT2D eigenvalue weighted by Crippen LogP contribution is 2.20. The van der Waals surface area contributed by atoms with Gasteiger partial charge in [-0.3, -0.25) is 9.69 Å². The number of amides is 1. The van der Waals surface area contributed by atoms with Gasteiger partial charge in [-0.05, 0) is 45.4 Å². The smallest absolute Gasteiger partial charge is 0.412 e. The molecule has 1 amide bonds. The second kappa shape index (κ2) is 12.2. The average molecular weight is 409 g/mol. The van der Waals surface area contributed by atoms with E-state index in [0.29, 0.717) is 17.2 Å². The maximum absolute atomic E-state index is 12.8. The number of allylic oxidation sites excluding steroid dienone is 5. The van der Waals surface area contributed by atoms with Gasteiger partial charge in [0, 0.05) is 23.9 Å². The summed E-state index contributed by atoms with van der Waals surface area (Å²) in [4.78, 5) is 27.2. The molecule has 1 atom stereocenters. The molecule has 0 N–H and O–H groups in total. The van der Waals surface area contributed by atoms with E-state index in [0.717, 1.165) is 11.9 Å². The highest BCUT2D eigenvalue weighted by molar-refractivity contribution is 6.30. The Hall–Kier alpha value is -2.27. The van der Waals surface area contributed by atoms with Gasteiger partial charge in [-0.25, -0.2) is 4.79 Å². The molecular weight excluding hydrogens is 376 g/mol. The predicted octanol–water partition coefficient (Wildman–Crippen LogP) is 5.42. The fourth-order valence-electron chi connectivity index (χ4n) is 2.30. The molecule has 156 valence electrons. The Morgan fingerprint density at radius 1 is 1.36 bits per heavy atom. The first-order valence-electron chi connectivity index (χ1n) is 9.32. The summed E-state index contributed by atoms with van der Waals surface area (Å²) in [5.41, 5.74) is 0.800. The van der Waals surface area contributed by atoms with Crippen molar-refractivity contribution < 1.29 is 14.3 Å². The molecule has 0 saturated heterocycles. The van der Waals surface area contributed by atoms with E-state index >= 15 is 0 Å². The van der Waals surface area contributed by atoms with E-state index in [-0.39, 0.29) is 6.17 Å². The highest BCUT2D eigenvalue weighted by Gasteiger charge is 2.30. The molecule has 1 unspecified atom stereocenters. The normalized spacial score (nSPS) is 16.9. The van der Waals surface area contributed by atoms with Crippen molar-refractivity contribution in [3.8, 4) is 0 Å². The van der Waals surface area contributed by atoms with Gasteiger partial charge in [0.2, 0.25) is 0 Å². The van der Waals surface area contributed by atoms with Gasteiger partial charge in [-0.2, -0.15) is 0 Å². The summed E-state index contributed by atoms with van der Waals surface area (Å²) < 4.78 is 5.57. The third kappa shape index (κ3) is 9.09. The molecule has 0 aromatic carbocycles. The monoisotopic (exact) mass is 408 g/mol. The summed E-state index contributed by atoms with van der Waals surface area (Å²) in [6, 6.07) is 0. The molecule has 0 fully saturated rings. The van der Waals surface area contributed by atoms with Crippen molar-refractivity contribution in [1.82, 2.24) is 9.80 Å². The Morgan fingerprint density at radius 2 is 1.96 bits per heavy atom. The molecule has 0 aromatic heterocycles. The Balaban J connectivity index is 0.00000352. The van der Waals surface area contributed by atoms with Crippen molar-refractivity contribution in [2.45, 2.75) is 53.3 Å². The van der Waals surface area contributed by atoms with E-state index in [1.807, 2.05) is 53.7 Å². The molecule has 6 heteroatoms. The molecular formula is C22H33ClN2O3. The molecule has 0 saturated carbocycles. The molecule has 0 aliphatic carbocycles. The molecule has 0 bridgehead atoms. The van der Waals surface area contributed by atoms with Crippen LogP contribution in [0.2, 0.25) is 0 Å². The fourth-order valence-corrected chi connectivity index (χ4v) is 2.36. The lowest BCUT2D eigenvalue weighted by Crippen LogP contribution is -2.50. The lowest BCUT2D eigenvalue weighted by atomic mass is 10.1. The Labute approximate surface area is 174 Å². The zero-order valence-corrected chi connectivity index (χ0v) is 18.8. The van der Waals surface area contributed by atoms with Crippen molar-refractivity contribution in [2.24, 2.45) is 0 Å². The first-order chi connectivity index (χ1) is 13.1. The second-order valence-electron chi connectivity index (χ2n) is 6.94. The Kier molecular flexibility index (Phi) is 11.2. The molecule has 28 heavy (non-hydrogen) atoms. The molecule has 1 heterocycles. The van der Waals surface area contributed by atoms with Crippen molar-refractivity contribution >= 4 is 24.0 Å². The van der Waals surface area contributed by atoms with Crippen LogP contribution in [0.5, 0.6) is 0 Å². The third-order valence-electron chi connectivity index (χ3n) is 3.52. The first kappa shape index (κ1) is 25.7. The van der Waals surface area contributed by atoms with Crippen molar-refractivity contribution in [2.75, 3.05) is 13.6 Å². The number of nitrogens with zero attached hydrogens (tertiary/aromatic N) is 2. The standard InChI is InChI=1S/C20H27ClN2O3.C2H6/c1-7-16(9-8-15(2)21)13-23(19(25)26-20(3,4)5)18-11-10-17(14-24)12-22(18)6;1-2/h7-12,14,18H,2,13H2,1,3-6H3;1-2H3/b9-8-,16-7+;. The number of halogens is 1. The van der Waals surface area contributed by atoms with Crippen molar-refractivity contribution in [3.05, 3.63) is 59.3 Å². The largest absolute Gasteiger partial charge is 0.444 e. The maximum Gasteiger partial charge on any atom is 0.412 e.